The van der Waals surface area contributed by atoms with Crippen LogP contribution in [0.5, 0.6) is 0 Å². The number of hydrogen-bond donors (Lipinski definition) is 2. The van der Waals surface area contributed by atoms with Crippen molar-refractivity contribution in [3.8, 4) is 0 Å². The van der Waals surface area contributed by atoms with Gasteiger partial charge in [-0.15, -0.1) is 0 Å². The van der Waals surface area contributed by atoms with Crippen molar-refractivity contribution in [3.05, 3.63) is 65.9 Å². The van der Waals surface area contributed by atoms with Crippen LogP contribution >= 0.6 is 0 Å². The molecule has 1 aromatic heterocycles. The molecule has 0 atom stereocenters. The number of amides is 2. The molecule has 0 unspecified atom stereocenters. The van der Waals surface area contributed by atoms with Crippen molar-refractivity contribution < 1.29 is 22.4 Å². The van der Waals surface area contributed by atoms with Crippen LogP contribution in [0, 0.1) is 0 Å². The van der Waals surface area contributed by atoms with E-state index in [0.717, 1.165) is 18.2 Å². The Morgan fingerprint density at radius 2 is 1.62 bits per heavy atom. The average molecular weight is 413 g/mol. The number of fused-ring (bicyclic) bond motifs is 1. The molecule has 1 saturated heterocycles. The topological polar surface area (TPSA) is 109 Å². The van der Waals surface area contributed by atoms with E-state index in [-0.39, 0.29) is 16.2 Å². The summed E-state index contributed by atoms with van der Waals surface area (Å²) < 4.78 is 32.2. The number of carbonyl (C=O) groups excluding carboxylic acids is 2. The van der Waals surface area contributed by atoms with Crippen molar-refractivity contribution in [2.45, 2.75) is 17.7 Å². The number of sulfonamides is 1. The van der Waals surface area contributed by atoms with Gasteiger partial charge in [0.1, 0.15) is 5.58 Å². The van der Waals surface area contributed by atoms with E-state index < -0.39 is 21.8 Å². The molecule has 4 rings (SSSR count). The number of nitrogens with zero attached hydrogens (tertiary/aromatic N) is 1. The van der Waals surface area contributed by atoms with E-state index in [1.165, 1.54) is 28.6 Å². The number of hydrogen-bond acceptors (Lipinski definition) is 5. The van der Waals surface area contributed by atoms with Crippen molar-refractivity contribution in [3.63, 3.8) is 0 Å². The standard InChI is InChI=1S/C20H19N3O5S/c24-19(21-22-20(25)18-13-14-6-1-2-9-17(14)28-18)15-7-5-8-16(12-15)29(26,27)23-10-3-4-11-23/h1-2,5-9,12-13H,3-4,10-11H2,(H,21,24)(H,22,25). The SMILES string of the molecule is O=C(NNC(=O)c1cc2ccccc2o1)c1cccc(S(=O)(=O)N2CCCC2)c1. The second kappa shape index (κ2) is 7.69. The second-order valence-electron chi connectivity index (χ2n) is 6.70. The van der Waals surface area contributed by atoms with Crippen molar-refractivity contribution in [2.75, 3.05) is 13.1 Å². The minimum Gasteiger partial charge on any atom is -0.451 e. The van der Waals surface area contributed by atoms with Crippen molar-refractivity contribution in [2.24, 2.45) is 0 Å². The molecule has 2 amide bonds. The molecule has 1 aliphatic rings. The van der Waals surface area contributed by atoms with Crippen molar-refractivity contribution in [1.29, 1.82) is 0 Å². The first-order valence-electron chi connectivity index (χ1n) is 9.15. The summed E-state index contributed by atoms with van der Waals surface area (Å²) in [4.78, 5) is 24.7. The van der Waals surface area contributed by atoms with Crippen molar-refractivity contribution in [1.82, 2.24) is 15.2 Å². The van der Waals surface area contributed by atoms with Crippen LogP contribution in [0.25, 0.3) is 11.0 Å². The summed E-state index contributed by atoms with van der Waals surface area (Å²) in [7, 11) is -3.63. The molecule has 2 aromatic carbocycles. The molecule has 0 bridgehead atoms. The number of hydrazine groups is 1. The molecule has 29 heavy (non-hydrogen) atoms. The molecule has 2 N–H and O–H groups in total. The Bertz CT molecular complexity index is 1150. The Balaban J connectivity index is 1.45. The monoisotopic (exact) mass is 413 g/mol. The van der Waals surface area contributed by atoms with Crippen LogP contribution in [0.1, 0.15) is 33.8 Å². The number of benzene rings is 2. The first-order chi connectivity index (χ1) is 13.9. The highest BCUT2D eigenvalue weighted by molar-refractivity contribution is 7.89. The predicted molar refractivity (Wildman–Crippen MR) is 106 cm³/mol. The van der Waals surface area contributed by atoms with Gasteiger partial charge in [0.05, 0.1) is 4.90 Å². The van der Waals surface area contributed by atoms with E-state index in [0.29, 0.717) is 18.7 Å². The quantitative estimate of drug-likeness (QED) is 0.638. The third-order valence-electron chi connectivity index (χ3n) is 4.74. The summed E-state index contributed by atoms with van der Waals surface area (Å²) in [6.07, 6.45) is 1.65. The molecule has 2 heterocycles. The lowest BCUT2D eigenvalue weighted by Gasteiger charge is -2.16. The number of para-hydroxylation sites is 1. The maximum absolute atomic E-state index is 12.7. The largest absolute Gasteiger partial charge is 0.451 e. The van der Waals surface area contributed by atoms with Gasteiger partial charge in [-0.2, -0.15) is 4.31 Å². The number of carbonyl (C=O) groups is 2. The van der Waals surface area contributed by atoms with Gasteiger partial charge >= 0.3 is 5.91 Å². The van der Waals surface area contributed by atoms with Gasteiger partial charge in [-0.1, -0.05) is 24.3 Å². The smallest absolute Gasteiger partial charge is 0.305 e. The number of rotatable bonds is 4. The maximum Gasteiger partial charge on any atom is 0.305 e. The molecule has 9 heteroatoms. The van der Waals surface area contributed by atoms with Gasteiger partial charge < -0.3 is 4.42 Å². The van der Waals surface area contributed by atoms with E-state index >= 15 is 0 Å². The highest BCUT2D eigenvalue weighted by Crippen LogP contribution is 2.22. The molecular weight excluding hydrogens is 394 g/mol. The Hall–Kier alpha value is -3.17. The van der Waals surface area contributed by atoms with Gasteiger partial charge in [-0.25, -0.2) is 8.42 Å². The zero-order valence-electron chi connectivity index (χ0n) is 15.4. The lowest BCUT2D eigenvalue weighted by molar-refractivity contribution is 0.0832. The summed E-state index contributed by atoms with van der Waals surface area (Å²) in [5.41, 5.74) is 5.24. The van der Waals surface area contributed by atoms with Crippen molar-refractivity contribution >= 4 is 32.8 Å². The van der Waals surface area contributed by atoms with Gasteiger partial charge in [0.25, 0.3) is 5.91 Å². The predicted octanol–water partition coefficient (Wildman–Crippen LogP) is 2.29. The fourth-order valence-corrected chi connectivity index (χ4v) is 4.78. The Morgan fingerprint density at radius 1 is 0.897 bits per heavy atom. The number of furan rings is 1. The van der Waals surface area contributed by atoms with Gasteiger partial charge in [-0.3, -0.25) is 20.4 Å². The van der Waals surface area contributed by atoms with E-state index in [1.807, 2.05) is 6.07 Å². The molecule has 1 fully saturated rings. The second-order valence-corrected chi connectivity index (χ2v) is 8.63. The average Bonchev–Trinajstić information content (AvgIpc) is 3.42. The highest BCUT2D eigenvalue weighted by atomic mass is 32.2. The maximum atomic E-state index is 12.7. The van der Waals surface area contributed by atoms with Crippen LogP contribution in [0.15, 0.2) is 63.9 Å². The van der Waals surface area contributed by atoms with Gasteiger partial charge in [0, 0.05) is 24.0 Å². The highest BCUT2D eigenvalue weighted by Gasteiger charge is 2.27. The fraction of sp³-hybridized carbons (Fsp3) is 0.200. The third-order valence-corrected chi connectivity index (χ3v) is 6.63. The number of nitrogens with one attached hydrogen (secondary N) is 2. The summed E-state index contributed by atoms with van der Waals surface area (Å²) in [6.45, 7) is 0.957. The van der Waals surface area contributed by atoms with E-state index in [4.69, 9.17) is 4.42 Å². The summed E-state index contributed by atoms with van der Waals surface area (Å²) in [5.74, 6) is -1.19. The van der Waals surface area contributed by atoms with Crippen LogP contribution < -0.4 is 10.9 Å². The molecule has 150 valence electrons. The molecule has 0 aliphatic carbocycles. The van der Waals surface area contributed by atoms with Crippen LogP contribution in [-0.2, 0) is 10.0 Å². The Morgan fingerprint density at radius 3 is 2.38 bits per heavy atom. The molecule has 0 saturated carbocycles. The zero-order chi connectivity index (χ0) is 20.4. The first kappa shape index (κ1) is 19.2. The Labute approximate surface area is 167 Å². The third kappa shape index (κ3) is 3.87. The van der Waals surface area contributed by atoms with Crippen LogP contribution in [0.2, 0.25) is 0 Å². The molecule has 8 nitrogen and oxygen atoms in total. The van der Waals surface area contributed by atoms with E-state index in [2.05, 4.69) is 10.9 Å². The normalized spacial score (nSPS) is 14.8. The fourth-order valence-electron chi connectivity index (χ4n) is 3.22. The lowest BCUT2D eigenvalue weighted by Crippen LogP contribution is -2.41. The van der Waals surface area contributed by atoms with E-state index in [1.54, 1.807) is 24.3 Å². The van der Waals surface area contributed by atoms with Crippen LogP contribution in [0.3, 0.4) is 0 Å². The first-order valence-corrected chi connectivity index (χ1v) is 10.6. The van der Waals surface area contributed by atoms with Gasteiger partial charge in [0.15, 0.2) is 5.76 Å². The van der Waals surface area contributed by atoms with E-state index in [9.17, 15) is 18.0 Å². The summed E-state index contributed by atoms with van der Waals surface area (Å²) in [5, 5.41) is 0.767. The zero-order valence-corrected chi connectivity index (χ0v) is 16.2. The van der Waals surface area contributed by atoms with Gasteiger partial charge in [-0.05, 0) is 43.2 Å². The molecular formula is C20H19N3O5S. The molecule has 3 aromatic rings. The molecule has 0 spiro atoms. The lowest BCUT2D eigenvalue weighted by atomic mass is 10.2. The minimum absolute atomic E-state index is 0.0515. The summed E-state index contributed by atoms with van der Waals surface area (Å²) >= 11 is 0. The van der Waals surface area contributed by atoms with Crippen LogP contribution in [0.4, 0.5) is 0 Å². The molecule has 1 aliphatic heterocycles. The Kier molecular flexibility index (Phi) is 5.08. The minimum atomic E-state index is -3.63. The molecule has 0 radical (unpaired) electrons. The van der Waals surface area contributed by atoms with Gasteiger partial charge in [0.2, 0.25) is 10.0 Å². The summed E-state index contributed by atoms with van der Waals surface area (Å²) in [6, 6.07) is 14.5. The van der Waals surface area contributed by atoms with Crippen LogP contribution in [-0.4, -0.2) is 37.6 Å².